The molecule has 2 aromatic carbocycles. The van der Waals surface area contributed by atoms with Gasteiger partial charge in [-0.3, -0.25) is 14.7 Å². The molecule has 1 aliphatic carbocycles. The third-order valence-corrected chi connectivity index (χ3v) is 7.26. The van der Waals surface area contributed by atoms with Gasteiger partial charge in [0.15, 0.2) is 0 Å². The molecule has 0 aromatic heterocycles. The van der Waals surface area contributed by atoms with E-state index in [1.165, 1.54) is 24.0 Å². The minimum atomic E-state index is 0.400. The second-order valence-electron chi connectivity index (χ2n) is 9.47. The van der Waals surface area contributed by atoms with Crippen molar-refractivity contribution in [2.75, 3.05) is 57.8 Å². The van der Waals surface area contributed by atoms with Crippen molar-refractivity contribution in [3.05, 3.63) is 65.7 Å². The molecule has 2 aliphatic rings. The van der Waals surface area contributed by atoms with Gasteiger partial charge in [-0.05, 0) is 67.1 Å². The highest BCUT2D eigenvalue weighted by atomic mass is 16.3. The number of para-hydroxylation sites is 1. The number of rotatable bonds is 10. The van der Waals surface area contributed by atoms with Gasteiger partial charge < -0.3 is 10.4 Å². The zero-order valence-corrected chi connectivity index (χ0v) is 20.2. The predicted octanol–water partition coefficient (Wildman–Crippen LogP) is 4.29. The summed E-state index contributed by atoms with van der Waals surface area (Å²) >= 11 is 0. The van der Waals surface area contributed by atoms with Crippen molar-refractivity contribution in [3.63, 3.8) is 0 Å². The van der Waals surface area contributed by atoms with Gasteiger partial charge in [-0.1, -0.05) is 43.8 Å². The highest BCUT2D eigenvalue weighted by Crippen LogP contribution is 2.27. The van der Waals surface area contributed by atoms with Gasteiger partial charge in [0, 0.05) is 51.0 Å². The van der Waals surface area contributed by atoms with Crippen LogP contribution in [0.4, 0.5) is 5.69 Å². The molecule has 33 heavy (non-hydrogen) atoms. The number of hydrogen-bond acceptors (Lipinski definition) is 5. The van der Waals surface area contributed by atoms with Gasteiger partial charge in [-0.2, -0.15) is 0 Å². The molecule has 1 atom stereocenters. The van der Waals surface area contributed by atoms with Crippen molar-refractivity contribution in [1.82, 2.24) is 14.7 Å². The lowest BCUT2D eigenvalue weighted by Crippen LogP contribution is -2.50. The summed E-state index contributed by atoms with van der Waals surface area (Å²) in [6, 6.07) is 14.9. The first-order valence-corrected chi connectivity index (χ1v) is 12.6. The maximum atomic E-state index is 9.91. The van der Waals surface area contributed by atoms with Crippen LogP contribution >= 0.6 is 0 Å². The first kappa shape index (κ1) is 23.8. The van der Waals surface area contributed by atoms with Crippen LogP contribution in [0.2, 0.25) is 0 Å². The molecule has 5 nitrogen and oxygen atoms in total. The summed E-state index contributed by atoms with van der Waals surface area (Å²) in [7, 11) is 0. The fourth-order valence-corrected chi connectivity index (χ4v) is 5.27. The molecule has 0 bridgehead atoms. The van der Waals surface area contributed by atoms with Crippen LogP contribution in [-0.2, 0) is 12.8 Å². The Balaban J connectivity index is 1.23. The van der Waals surface area contributed by atoms with Crippen molar-refractivity contribution in [2.24, 2.45) is 0 Å². The molecule has 1 heterocycles. The summed E-state index contributed by atoms with van der Waals surface area (Å²) in [6.07, 6.45) is 6.52. The minimum absolute atomic E-state index is 0.400. The maximum absolute atomic E-state index is 9.91. The summed E-state index contributed by atoms with van der Waals surface area (Å²) in [5, 5.41) is 13.5. The number of aryl methyl sites for hydroxylation is 1. The molecule has 0 radical (unpaired) electrons. The predicted molar refractivity (Wildman–Crippen MR) is 139 cm³/mol. The van der Waals surface area contributed by atoms with E-state index in [1.54, 1.807) is 0 Å². The van der Waals surface area contributed by atoms with Crippen molar-refractivity contribution >= 4 is 11.8 Å². The zero-order valence-electron chi connectivity index (χ0n) is 20.2. The fourth-order valence-electron chi connectivity index (χ4n) is 5.27. The highest BCUT2D eigenvalue weighted by molar-refractivity contribution is 5.65. The number of nitrogens with zero attached hydrogens (tertiary/aromatic N) is 3. The van der Waals surface area contributed by atoms with Gasteiger partial charge in [0.2, 0.25) is 0 Å². The lowest BCUT2D eigenvalue weighted by Gasteiger charge is -2.39. The van der Waals surface area contributed by atoms with Crippen molar-refractivity contribution in [1.29, 1.82) is 0 Å². The Hall–Kier alpha value is -2.34. The molecule has 5 heteroatoms. The fraction of sp³-hybridized carbons (Fsp3) is 0.500. The number of phenols is 1. The van der Waals surface area contributed by atoms with Crippen LogP contribution in [0.15, 0.2) is 49.0 Å². The molecule has 2 N–H and O–H groups in total. The highest BCUT2D eigenvalue weighted by Gasteiger charge is 2.25. The molecule has 2 aromatic rings. The number of fused-ring (bicyclic) bond motifs is 1. The monoisotopic (exact) mass is 448 g/mol. The first-order chi connectivity index (χ1) is 16.2. The Kier molecular flexibility index (Phi) is 8.43. The molecule has 4 rings (SSSR count). The molecule has 1 saturated heterocycles. The van der Waals surface area contributed by atoms with Crippen LogP contribution in [0.1, 0.15) is 36.5 Å². The second kappa shape index (κ2) is 11.7. The van der Waals surface area contributed by atoms with Gasteiger partial charge in [0.05, 0.1) is 6.67 Å². The second-order valence-corrected chi connectivity index (χ2v) is 9.47. The normalized spacial score (nSPS) is 19.4. The van der Waals surface area contributed by atoms with Crippen LogP contribution in [-0.4, -0.2) is 78.3 Å². The van der Waals surface area contributed by atoms with Crippen LogP contribution in [0, 0.1) is 0 Å². The number of piperazine rings is 1. The Morgan fingerprint density at radius 1 is 1.06 bits per heavy atom. The lowest BCUT2D eigenvalue weighted by atomic mass is 9.87. The molecule has 0 saturated carbocycles. The topological polar surface area (TPSA) is 42.0 Å². The smallest absolute Gasteiger partial charge is 0.115 e. The Morgan fingerprint density at radius 2 is 1.85 bits per heavy atom. The maximum Gasteiger partial charge on any atom is 0.115 e. The van der Waals surface area contributed by atoms with Gasteiger partial charge in [-0.25, -0.2) is 0 Å². The third-order valence-electron chi connectivity index (χ3n) is 7.26. The van der Waals surface area contributed by atoms with E-state index < -0.39 is 0 Å². The summed E-state index contributed by atoms with van der Waals surface area (Å²) < 4.78 is 0. The van der Waals surface area contributed by atoms with E-state index in [0.717, 1.165) is 76.6 Å². The van der Waals surface area contributed by atoms with E-state index in [1.807, 2.05) is 18.2 Å². The van der Waals surface area contributed by atoms with E-state index >= 15 is 0 Å². The Bertz CT molecular complexity index is 907. The summed E-state index contributed by atoms with van der Waals surface area (Å²) in [4.78, 5) is 7.83. The van der Waals surface area contributed by atoms with E-state index in [0.29, 0.717) is 11.8 Å². The van der Waals surface area contributed by atoms with Gasteiger partial charge >= 0.3 is 0 Å². The van der Waals surface area contributed by atoms with Crippen LogP contribution in [0.3, 0.4) is 0 Å². The first-order valence-electron chi connectivity index (χ1n) is 12.6. The lowest BCUT2D eigenvalue weighted by molar-refractivity contribution is 0.107. The number of benzene rings is 2. The van der Waals surface area contributed by atoms with Crippen molar-refractivity contribution in [2.45, 2.75) is 38.6 Å². The standard InChI is InChI=1S/C28H40N4O/c1-3-13-32(26-11-9-24-10-12-27(33)21-25(24)20-26)19-18-30-14-16-31(17-15-30)22-29-28-8-6-5-7-23(28)4-2/h4-8,10,12,21,26,29,33H,2-3,9,11,13-20,22H2,1H3. The van der Waals surface area contributed by atoms with E-state index in [-0.39, 0.29) is 0 Å². The Labute approximate surface area is 199 Å². The SMILES string of the molecule is C=Cc1ccccc1NCN1CCN(CCN(CCC)C2CCc3ccc(O)cc3C2)CC1. The molecule has 0 amide bonds. The van der Waals surface area contributed by atoms with E-state index in [9.17, 15) is 5.11 Å². The quantitative estimate of drug-likeness (QED) is 0.568. The van der Waals surface area contributed by atoms with Crippen LogP contribution in [0.25, 0.3) is 6.08 Å². The van der Waals surface area contributed by atoms with Gasteiger partial charge in [0.25, 0.3) is 0 Å². The summed E-state index contributed by atoms with van der Waals surface area (Å²) in [6.45, 7) is 15.0. The van der Waals surface area contributed by atoms with E-state index in [2.05, 4.69) is 63.9 Å². The number of aromatic hydroxyl groups is 1. The summed E-state index contributed by atoms with van der Waals surface area (Å²) in [5.41, 5.74) is 5.08. The molecule has 1 unspecified atom stereocenters. The Morgan fingerprint density at radius 3 is 2.64 bits per heavy atom. The molecule has 1 fully saturated rings. The zero-order chi connectivity index (χ0) is 23.0. The van der Waals surface area contributed by atoms with Gasteiger partial charge in [0.1, 0.15) is 5.75 Å². The minimum Gasteiger partial charge on any atom is -0.508 e. The number of nitrogens with one attached hydrogen (secondary N) is 1. The molecular weight excluding hydrogens is 408 g/mol. The molecule has 178 valence electrons. The summed E-state index contributed by atoms with van der Waals surface area (Å²) in [5.74, 6) is 0.400. The number of hydrogen-bond donors (Lipinski definition) is 2. The van der Waals surface area contributed by atoms with Crippen LogP contribution in [0.5, 0.6) is 5.75 Å². The number of anilines is 1. The van der Waals surface area contributed by atoms with Gasteiger partial charge in [-0.15, -0.1) is 0 Å². The average Bonchev–Trinajstić information content (AvgIpc) is 2.85. The van der Waals surface area contributed by atoms with Crippen molar-refractivity contribution in [3.8, 4) is 5.75 Å². The van der Waals surface area contributed by atoms with Crippen molar-refractivity contribution < 1.29 is 5.11 Å². The largest absolute Gasteiger partial charge is 0.508 e. The number of phenolic OH excluding ortho intramolecular Hbond substituents is 1. The average molecular weight is 449 g/mol. The molecule has 0 spiro atoms. The van der Waals surface area contributed by atoms with Crippen LogP contribution < -0.4 is 5.32 Å². The third kappa shape index (κ3) is 6.38. The molecular formula is C28H40N4O. The van der Waals surface area contributed by atoms with E-state index in [4.69, 9.17) is 0 Å². The molecule has 1 aliphatic heterocycles.